The number of carbonyl (C=O) groups is 1. The van der Waals surface area contributed by atoms with Crippen LogP contribution in [0.2, 0.25) is 0 Å². The summed E-state index contributed by atoms with van der Waals surface area (Å²) in [6.07, 6.45) is 8.30. The largest absolute Gasteiger partial charge is 0.512 e. The second-order valence-electron chi connectivity index (χ2n) is 14.7. The second-order valence-corrected chi connectivity index (χ2v) is 14.7. The summed E-state index contributed by atoms with van der Waals surface area (Å²) in [5.74, 6) is 1.06. The first kappa shape index (κ1) is 38.8. The van der Waals surface area contributed by atoms with Gasteiger partial charge in [-0.05, 0) is 55.4 Å². The van der Waals surface area contributed by atoms with Gasteiger partial charge in [0.05, 0.1) is 11.8 Å². The Morgan fingerprint density at radius 3 is 2.16 bits per heavy atom. The van der Waals surface area contributed by atoms with Gasteiger partial charge >= 0.3 is 0 Å². The average molecular weight is 849 g/mol. The molecule has 0 fully saturated rings. The van der Waals surface area contributed by atoms with Crippen LogP contribution in [0.4, 0.5) is 0 Å². The average Bonchev–Trinajstić information content (AvgIpc) is 3.78. The van der Waals surface area contributed by atoms with Gasteiger partial charge < -0.3 is 13.9 Å². The summed E-state index contributed by atoms with van der Waals surface area (Å²) in [4.78, 5) is 16.9. The summed E-state index contributed by atoms with van der Waals surface area (Å²) in [7, 11) is 0. The van der Waals surface area contributed by atoms with E-state index in [0.717, 1.165) is 75.6 Å². The summed E-state index contributed by atoms with van der Waals surface area (Å²) < 4.78 is 12.1. The second kappa shape index (κ2) is 15.5. The Bertz CT molecular complexity index is 2120. The first-order valence-electron chi connectivity index (χ1n) is 17.5. The van der Waals surface area contributed by atoms with Gasteiger partial charge in [-0.1, -0.05) is 104 Å². The maximum atomic E-state index is 12.2. The first-order valence-corrected chi connectivity index (χ1v) is 17.5. The van der Waals surface area contributed by atoms with Crippen LogP contribution < -0.4 is 0 Å². The van der Waals surface area contributed by atoms with Crippen LogP contribution >= 0.6 is 0 Å². The van der Waals surface area contributed by atoms with E-state index >= 15 is 0 Å². The number of carbonyl (C=O) groups excluding carboxylic acids is 1. The van der Waals surface area contributed by atoms with Crippen molar-refractivity contribution < 1.29 is 38.8 Å². The van der Waals surface area contributed by atoms with E-state index in [1.165, 1.54) is 17.0 Å². The molecule has 6 rings (SSSR count). The normalized spacial score (nSPS) is 12.5. The topological polar surface area (TPSA) is 76.5 Å². The van der Waals surface area contributed by atoms with Crippen molar-refractivity contribution in [1.82, 2.24) is 4.98 Å². The zero-order valence-corrected chi connectivity index (χ0v) is 33.3. The molecule has 1 N–H and O–H groups in total. The van der Waals surface area contributed by atoms with Crippen LogP contribution in [0, 0.1) is 16.9 Å². The molecule has 6 heteroatoms. The van der Waals surface area contributed by atoms with E-state index < -0.39 is 0 Å². The third-order valence-electron chi connectivity index (χ3n) is 10.6. The predicted molar refractivity (Wildman–Crippen MR) is 203 cm³/mol. The van der Waals surface area contributed by atoms with E-state index in [9.17, 15) is 9.90 Å². The number of benzene rings is 3. The SMILES string of the molecule is CC(C)(C)c1cc(-c2nccc3cc(-c4cccc5ccoc45)oc23)[c-]c2ccccc12.CCC(C)(CC)C(=O)/C=C(\O)C(C)(CC)CC.[Ir]. The van der Waals surface area contributed by atoms with Gasteiger partial charge in [-0.25, -0.2) is 0 Å². The first-order chi connectivity index (χ1) is 23.3. The number of pyridine rings is 1. The number of fused-ring (bicyclic) bond motifs is 3. The van der Waals surface area contributed by atoms with Gasteiger partial charge in [-0.2, -0.15) is 0 Å². The molecule has 0 unspecified atom stereocenters. The third-order valence-corrected chi connectivity index (χ3v) is 10.6. The minimum Gasteiger partial charge on any atom is -0.512 e. The van der Waals surface area contributed by atoms with Crippen molar-refractivity contribution in [2.24, 2.45) is 10.8 Å². The number of para-hydroxylation sites is 1. The summed E-state index contributed by atoms with van der Waals surface area (Å²) in [5.41, 5.74) is 4.92. The van der Waals surface area contributed by atoms with Gasteiger partial charge in [0.1, 0.15) is 22.7 Å². The van der Waals surface area contributed by atoms with Crippen LogP contribution in [0.1, 0.15) is 93.6 Å². The van der Waals surface area contributed by atoms with Crippen molar-refractivity contribution in [3.8, 4) is 22.6 Å². The van der Waals surface area contributed by atoms with E-state index in [0.29, 0.717) is 0 Å². The summed E-state index contributed by atoms with van der Waals surface area (Å²) in [5, 5.41) is 14.5. The Morgan fingerprint density at radius 1 is 0.820 bits per heavy atom. The molecule has 0 amide bonds. The number of aliphatic hydroxyl groups excluding tert-OH is 1. The van der Waals surface area contributed by atoms with Crippen LogP contribution in [0.15, 0.2) is 99.9 Å². The van der Waals surface area contributed by atoms with Gasteiger partial charge in [0.25, 0.3) is 0 Å². The third kappa shape index (κ3) is 7.67. The minimum absolute atomic E-state index is 0. The Hall–Kier alpha value is -3.99. The molecule has 0 atom stereocenters. The molecule has 1 radical (unpaired) electrons. The van der Waals surface area contributed by atoms with Gasteiger partial charge in [0, 0.05) is 59.7 Å². The van der Waals surface area contributed by atoms with Crippen molar-refractivity contribution in [2.45, 2.75) is 93.4 Å². The van der Waals surface area contributed by atoms with Crippen LogP contribution in [-0.2, 0) is 30.3 Å². The Balaban J connectivity index is 0.000000269. The maximum Gasteiger partial charge on any atom is 0.164 e. The molecule has 3 heterocycles. The molecule has 6 aromatic rings. The molecule has 0 saturated heterocycles. The zero-order chi connectivity index (χ0) is 35.6. The van der Waals surface area contributed by atoms with Crippen molar-refractivity contribution in [2.75, 3.05) is 0 Å². The van der Waals surface area contributed by atoms with Crippen LogP contribution in [0.25, 0.3) is 55.3 Å². The van der Waals surface area contributed by atoms with E-state index in [-0.39, 0.29) is 47.9 Å². The fourth-order valence-electron chi connectivity index (χ4n) is 6.14. The molecule has 3 aromatic carbocycles. The number of hydrogen-bond acceptors (Lipinski definition) is 5. The molecule has 0 spiro atoms. The number of aromatic nitrogens is 1. The molecule has 0 aliphatic heterocycles. The molecule has 0 aliphatic carbocycles. The molecule has 3 aromatic heterocycles. The van der Waals surface area contributed by atoms with Crippen LogP contribution in [-0.4, -0.2) is 15.9 Å². The van der Waals surface area contributed by atoms with Gasteiger partial charge in [-0.3, -0.25) is 9.78 Å². The van der Waals surface area contributed by atoms with Gasteiger partial charge in [0.15, 0.2) is 5.78 Å². The number of furan rings is 2. The summed E-state index contributed by atoms with van der Waals surface area (Å²) >= 11 is 0. The van der Waals surface area contributed by atoms with E-state index in [1.54, 1.807) is 6.26 Å². The fraction of sp³-hybridized carbons (Fsp3) is 0.364. The van der Waals surface area contributed by atoms with Crippen molar-refractivity contribution in [3.05, 3.63) is 103 Å². The minimum atomic E-state index is -0.337. The Labute approximate surface area is 310 Å². The molecule has 0 saturated carbocycles. The Kier molecular flexibility index (Phi) is 12.0. The van der Waals surface area contributed by atoms with Crippen molar-refractivity contribution in [3.63, 3.8) is 0 Å². The number of rotatable bonds is 9. The molecule has 0 aliphatic rings. The van der Waals surface area contributed by atoms with E-state index in [2.05, 4.69) is 63.2 Å². The molecular formula is C44H50IrNO4-. The molecule has 265 valence electrons. The van der Waals surface area contributed by atoms with E-state index in [4.69, 9.17) is 13.8 Å². The molecule has 5 nitrogen and oxygen atoms in total. The molecule has 50 heavy (non-hydrogen) atoms. The Morgan fingerprint density at radius 2 is 1.50 bits per heavy atom. The van der Waals surface area contributed by atoms with Gasteiger partial charge in [0.2, 0.25) is 0 Å². The zero-order valence-electron chi connectivity index (χ0n) is 30.9. The smallest absolute Gasteiger partial charge is 0.164 e. The number of nitrogens with zero attached hydrogens (tertiary/aromatic N) is 1. The van der Waals surface area contributed by atoms with E-state index in [1.807, 2.05) is 78.1 Å². The molecule has 0 bridgehead atoms. The maximum absolute atomic E-state index is 12.2. The number of aliphatic hydroxyl groups is 1. The number of allylic oxidation sites excluding steroid dienone is 2. The molecular weight excluding hydrogens is 799 g/mol. The number of ketones is 1. The van der Waals surface area contributed by atoms with Crippen molar-refractivity contribution in [1.29, 1.82) is 0 Å². The summed E-state index contributed by atoms with van der Waals surface area (Å²) in [6.45, 7) is 18.8. The van der Waals surface area contributed by atoms with Crippen LogP contribution in [0.3, 0.4) is 0 Å². The number of hydrogen-bond donors (Lipinski definition) is 1. The fourth-order valence-corrected chi connectivity index (χ4v) is 6.14. The van der Waals surface area contributed by atoms with Crippen LogP contribution in [0.5, 0.6) is 0 Å². The monoisotopic (exact) mass is 849 g/mol. The summed E-state index contributed by atoms with van der Waals surface area (Å²) in [6, 6.07) is 26.3. The van der Waals surface area contributed by atoms with Gasteiger partial charge in [-0.15, -0.1) is 29.1 Å². The van der Waals surface area contributed by atoms with Crippen molar-refractivity contribution >= 4 is 38.5 Å². The predicted octanol–water partition coefficient (Wildman–Crippen LogP) is 12.8. The standard InChI is InChI=1S/C29H22NO2.C15H28O2.Ir/c1-29(2,3)24-16-21(15-19-7-4-5-9-22(19)24)26-28-20(11-13-30-26)17-25(32-28)23-10-6-8-18-12-14-31-27(18)23;1-7-14(5,8-2)12(16)11-13(17)15(6,9-3)10-4;/h4-14,16-17H,1-3H3;11,16H,7-10H2,1-6H3;/q-1;;/b;12-11-;. The quantitative estimate of drug-likeness (QED) is 0.0891.